The maximum Gasteiger partial charge on any atom is 0.409 e. The fourth-order valence-electron chi connectivity index (χ4n) is 5.86. The van der Waals surface area contributed by atoms with Gasteiger partial charge in [-0.3, -0.25) is 4.90 Å². The molecule has 3 heterocycles. The molecule has 4 rings (SSSR count). The van der Waals surface area contributed by atoms with Gasteiger partial charge in [0.05, 0.1) is 12.6 Å². The van der Waals surface area contributed by atoms with Crippen LogP contribution in [0.4, 0.5) is 10.5 Å². The maximum atomic E-state index is 12.4. The summed E-state index contributed by atoms with van der Waals surface area (Å²) in [5, 5.41) is 0. The highest BCUT2D eigenvalue weighted by Crippen LogP contribution is 2.53. The van der Waals surface area contributed by atoms with E-state index in [0.717, 1.165) is 44.8 Å². The van der Waals surface area contributed by atoms with Crippen molar-refractivity contribution >= 4 is 11.8 Å². The number of carbonyl (C=O) groups excluding carboxylic acids is 1. The first-order valence-electron chi connectivity index (χ1n) is 12.5. The van der Waals surface area contributed by atoms with Gasteiger partial charge in [0.1, 0.15) is 11.4 Å². The molecule has 3 aliphatic heterocycles. The third-order valence-corrected chi connectivity index (χ3v) is 7.64. The number of rotatable bonds is 5. The summed E-state index contributed by atoms with van der Waals surface area (Å²) in [6.07, 6.45) is 4.34. The molecule has 0 spiro atoms. The van der Waals surface area contributed by atoms with Gasteiger partial charge in [-0.1, -0.05) is 13.3 Å². The molecule has 1 unspecified atom stereocenters. The molecular formula is C26H41N3O3. The predicted octanol–water partition coefficient (Wildman–Crippen LogP) is 4.98. The smallest absolute Gasteiger partial charge is 0.409 e. The van der Waals surface area contributed by atoms with Crippen LogP contribution in [0.1, 0.15) is 74.8 Å². The second-order valence-corrected chi connectivity index (χ2v) is 10.3. The number of amides is 1. The molecule has 0 radical (unpaired) electrons. The van der Waals surface area contributed by atoms with E-state index in [0.29, 0.717) is 25.7 Å². The summed E-state index contributed by atoms with van der Waals surface area (Å²) in [6.45, 7) is 19.2. The number of anilines is 1. The molecule has 1 aromatic carbocycles. The summed E-state index contributed by atoms with van der Waals surface area (Å²) >= 11 is 0. The first-order valence-corrected chi connectivity index (χ1v) is 12.5. The Morgan fingerprint density at radius 3 is 2.28 bits per heavy atom. The number of nitrogens with zero attached hydrogens (tertiary/aromatic N) is 3. The lowest BCUT2D eigenvalue weighted by molar-refractivity contribution is 0.0396. The van der Waals surface area contributed by atoms with E-state index >= 15 is 0 Å². The lowest BCUT2D eigenvalue weighted by Gasteiger charge is -2.38. The largest absolute Gasteiger partial charge is 0.485 e. The van der Waals surface area contributed by atoms with Crippen LogP contribution in [-0.2, 0) is 4.74 Å². The molecule has 0 N–H and O–H groups in total. The Balaban J connectivity index is 1.58. The molecule has 1 aromatic rings. The van der Waals surface area contributed by atoms with Crippen LogP contribution < -0.4 is 9.64 Å². The third kappa shape index (κ3) is 4.07. The first kappa shape index (κ1) is 23.2. The van der Waals surface area contributed by atoms with Crippen molar-refractivity contribution < 1.29 is 14.3 Å². The molecule has 0 saturated carbocycles. The molecule has 0 aliphatic carbocycles. The molecule has 0 bridgehead atoms. The fourth-order valence-corrected chi connectivity index (χ4v) is 5.86. The Hall–Kier alpha value is -1.95. The number of ether oxygens (including phenoxy) is 2. The molecule has 6 heteroatoms. The van der Waals surface area contributed by atoms with Crippen LogP contribution in [0.15, 0.2) is 0 Å². The molecule has 32 heavy (non-hydrogen) atoms. The summed E-state index contributed by atoms with van der Waals surface area (Å²) < 4.78 is 12.1. The standard InChI is InChI=1S/C26H41N3O3/c1-7-8-17-31-25(30)29-15-13-27(14-16-29)22-18(2)19(3)23-21(20(22)4)24(26(5,6)32-23)28-11-9-10-12-28/h24H,7-17H2,1-6H3. The van der Waals surface area contributed by atoms with Crippen molar-refractivity contribution in [2.75, 3.05) is 50.8 Å². The number of likely N-dealkylation sites (tertiary alicyclic amines) is 1. The van der Waals surface area contributed by atoms with Gasteiger partial charge in [0, 0.05) is 37.4 Å². The van der Waals surface area contributed by atoms with Gasteiger partial charge in [0.25, 0.3) is 0 Å². The minimum absolute atomic E-state index is 0.166. The average Bonchev–Trinajstić information content (AvgIpc) is 3.38. The molecule has 1 atom stereocenters. The Labute approximate surface area is 193 Å². The molecule has 2 saturated heterocycles. The zero-order valence-electron chi connectivity index (χ0n) is 20.9. The molecule has 0 aromatic heterocycles. The first-order chi connectivity index (χ1) is 15.3. The molecular weight excluding hydrogens is 402 g/mol. The highest BCUT2D eigenvalue weighted by Gasteiger charge is 2.47. The van der Waals surface area contributed by atoms with Crippen molar-refractivity contribution in [3.05, 3.63) is 22.3 Å². The van der Waals surface area contributed by atoms with Gasteiger partial charge in [-0.25, -0.2) is 4.79 Å². The number of fused-ring (bicyclic) bond motifs is 1. The van der Waals surface area contributed by atoms with Gasteiger partial charge >= 0.3 is 6.09 Å². The third-order valence-electron chi connectivity index (χ3n) is 7.64. The van der Waals surface area contributed by atoms with Crippen molar-refractivity contribution in [2.45, 2.75) is 78.9 Å². The van der Waals surface area contributed by atoms with Crippen molar-refractivity contribution in [1.82, 2.24) is 9.80 Å². The van der Waals surface area contributed by atoms with Crippen LogP contribution in [0.25, 0.3) is 0 Å². The van der Waals surface area contributed by atoms with Crippen LogP contribution in [0, 0.1) is 20.8 Å². The highest BCUT2D eigenvalue weighted by atomic mass is 16.6. The van der Waals surface area contributed by atoms with E-state index in [-0.39, 0.29) is 11.7 Å². The Morgan fingerprint density at radius 1 is 1.00 bits per heavy atom. The quantitative estimate of drug-likeness (QED) is 0.601. The van der Waals surface area contributed by atoms with E-state index in [2.05, 4.69) is 51.3 Å². The fraction of sp³-hybridized carbons (Fsp3) is 0.731. The van der Waals surface area contributed by atoms with E-state index in [1.807, 2.05) is 4.90 Å². The second kappa shape index (κ2) is 9.12. The van der Waals surface area contributed by atoms with Crippen LogP contribution >= 0.6 is 0 Å². The monoisotopic (exact) mass is 443 g/mol. The van der Waals surface area contributed by atoms with Crippen molar-refractivity contribution in [3.63, 3.8) is 0 Å². The summed E-state index contributed by atoms with van der Waals surface area (Å²) in [7, 11) is 0. The zero-order chi connectivity index (χ0) is 23.0. The minimum atomic E-state index is -0.228. The molecule has 178 valence electrons. The molecule has 2 fully saturated rings. The summed E-state index contributed by atoms with van der Waals surface area (Å²) in [4.78, 5) is 19.3. The van der Waals surface area contributed by atoms with Crippen molar-refractivity contribution in [2.24, 2.45) is 0 Å². The van der Waals surface area contributed by atoms with E-state index < -0.39 is 0 Å². The van der Waals surface area contributed by atoms with Gasteiger partial charge in [-0.2, -0.15) is 0 Å². The number of piperazine rings is 1. The van der Waals surface area contributed by atoms with E-state index in [9.17, 15) is 4.79 Å². The van der Waals surface area contributed by atoms with Crippen LogP contribution in [-0.4, -0.2) is 67.4 Å². The van der Waals surface area contributed by atoms with Gasteiger partial charge in [-0.05, 0) is 83.7 Å². The number of unbranched alkanes of at least 4 members (excludes halogenated alkanes) is 1. The minimum Gasteiger partial charge on any atom is -0.485 e. The van der Waals surface area contributed by atoms with Crippen LogP contribution in [0.5, 0.6) is 5.75 Å². The van der Waals surface area contributed by atoms with Gasteiger partial charge in [-0.15, -0.1) is 0 Å². The van der Waals surface area contributed by atoms with Gasteiger partial charge < -0.3 is 19.3 Å². The second-order valence-electron chi connectivity index (χ2n) is 10.3. The number of hydrogen-bond acceptors (Lipinski definition) is 5. The summed E-state index contributed by atoms with van der Waals surface area (Å²) in [6, 6.07) is 0.299. The molecule has 6 nitrogen and oxygen atoms in total. The van der Waals surface area contributed by atoms with E-state index in [4.69, 9.17) is 9.47 Å². The molecule has 1 amide bonds. The lowest BCUT2D eigenvalue weighted by Crippen LogP contribution is -2.49. The lowest BCUT2D eigenvalue weighted by atomic mass is 9.87. The Kier molecular flexibility index (Phi) is 6.62. The normalized spacial score (nSPS) is 22.8. The number of carbonyl (C=O) groups is 1. The summed E-state index contributed by atoms with van der Waals surface area (Å²) in [5.41, 5.74) is 6.41. The van der Waals surface area contributed by atoms with Gasteiger partial charge in [0.2, 0.25) is 0 Å². The Bertz CT molecular complexity index is 853. The highest BCUT2D eigenvalue weighted by molar-refractivity contribution is 5.72. The van der Waals surface area contributed by atoms with Crippen LogP contribution in [0.2, 0.25) is 0 Å². The van der Waals surface area contributed by atoms with E-state index in [1.54, 1.807) is 0 Å². The SMILES string of the molecule is CCCCOC(=O)N1CCN(c2c(C)c(C)c3c(c2C)C(N2CCCC2)C(C)(C)O3)CC1. The maximum absolute atomic E-state index is 12.4. The number of hydrogen-bond donors (Lipinski definition) is 0. The Morgan fingerprint density at radius 2 is 1.66 bits per heavy atom. The van der Waals surface area contributed by atoms with Crippen molar-refractivity contribution in [1.29, 1.82) is 0 Å². The average molecular weight is 444 g/mol. The predicted molar refractivity (Wildman–Crippen MR) is 129 cm³/mol. The topological polar surface area (TPSA) is 45.2 Å². The van der Waals surface area contributed by atoms with Crippen LogP contribution in [0.3, 0.4) is 0 Å². The van der Waals surface area contributed by atoms with Gasteiger partial charge in [0.15, 0.2) is 0 Å². The van der Waals surface area contributed by atoms with E-state index in [1.165, 1.54) is 40.8 Å². The zero-order valence-corrected chi connectivity index (χ0v) is 20.9. The summed E-state index contributed by atoms with van der Waals surface area (Å²) in [5.74, 6) is 1.10. The molecule has 3 aliphatic rings. The number of benzene rings is 1. The van der Waals surface area contributed by atoms with Crippen molar-refractivity contribution in [3.8, 4) is 5.75 Å².